The molecule has 1 aromatic carbocycles. The maximum atomic E-state index is 12.5. The Morgan fingerprint density at radius 1 is 1.22 bits per heavy atom. The Hall–Kier alpha value is -2.38. The number of benzene rings is 1. The molecule has 2 aliphatic rings. The summed E-state index contributed by atoms with van der Waals surface area (Å²) in [5.41, 5.74) is 3.15. The number of hydrogen-bond donors (Lipinski definition) is 1. The van der Waals surface area contributed by atoms with E-state index in [4.69, 9.17) is 4.74 Å². The molecule has 2 aromatic rings. The van der Waals surface area contributed by atoms with Crippen LogP contribution in [0.15, 0.2) is 48.8 Å². The number of likely N-dealkylation sites (tertiary alicyclic amines) is 1. The molecule has 2 heterocycles. The van der Waals surface area contributed by atoms with E-state index in [1.807, 2.05) is 42.5 Å². The first kappa shape index (κ1) is 22.8. The Balaban J connectivity index is 1.65. The molecule has 1 fully saturated rings. The van der Waals surface area contributed by atoms with Gasteiger partial charge in [-0.3, -0.25) is 14.6 Å². The Bertz CT molecular complexity index is 944. The van der Waals surface area contributed by atoms with Gasteiger partial charge in [0.2, 0.25) is 11.8 Å². The van der Waals surface area contributed by atoms with E-state index in [2.05, 4.69) is 28.5 Å². The number of nitrogens with zero attached hydrogens (tertiary/aromatic N) is 2. The summed E-state index contributed by atoms with van der Waals surface area (Å²) >= 11 is 1.56. The molecule has 7 heteroatoms. The fraction of sp³-hybridized carbons (Fsp3) is 0.480. The molecule has 1 N–H and O–H groups in total. The van der Waals surface area contributed by atoms with Crippen LogP contribution in [0, 0.1) is 0 Å². The number of pyridine rings is 1. The maximum absolute atomic E-state index is 12.5. The molecule has 0 saturated carbocycles. The maximum Gasteiger partial charge on any atom is 0.232 e. The van der Waals surface area contributed by atoms with Gasteiger partial charge in [-0.15, -0.1) is 0 Å². The van der Waals surface area contributed by atoms with E-state index in [0.717, 1.165) is 24.0 Å². The first-order valence-electron chi connectivity index (χ1n) is 11.2. The van der Waals surface area contributed by atoms with Crippen LogP contribution in [0.3, 0.4) is 0 Å². The third-order valence-electron chi connectivity index (χ3n) is 6.75. The number of aromatic nitrogens is 1. The quantitative estimate of drug-likeness (QED) is 0.695. The summed E-state index contributed by atoms with van der Waals surface area (Å²) in [7, 11) is 0. The lowest BCUT2D eigenvalue weighted by Crippen LogP contribution is -2.52. The molecule has 1 aliphatic carbocycles. The second-order valence-corrected chi connectivity index (χ2v) is 9.41. The fourth-order valence-electron chi connectivity index (χ4n) is 5.13. The second kappa shape index (κ2) is 10.0. The Morgan fingerprint density at radius 3 is 2.69 bits per heavy atom. The minimum atomic E-state index is -0.235. The van der Waals surface area contributed by atoms with Gasteiger partial charge in [-0.2, -0.15) is 11.8 Å². The standard InChI is InChI=1S/C25H31N3O3S/c1-3-21(29)27-23-19-8-4-5-9-20(19)25(10-13-28(14-11-25)22(30)17-32-2)24(23)31-16-18-7-6-12-26-15-18/h4-9,12,15,23-24H,3,10-11,13-14,16-17H2,1-2H3,(H,27,29)/t23-,24+/m1/s1. The summed E-state index contributed by atoms with van der Waals surface area (Å²) < 4.78 is 6.60. The lowest BCUT2D eigenvalue weighted by atomic mass is 9.71. The molecule has 170 valence electrons. The number of hydrogen-bond acceptors (Lipinski definition) is 5. The summed E-state index contributed by atoms with van der Waals surface area (Å²) in [5, 5.41) is 3.23. The molecule has 32 heavy (non-hydrogen) atoms. The summed E-state index contributed by atoms with van der Waals surface area (Å²) in [4.78, 5) is 31.1. The zero-order chi connectivity index (χ0) is 22.6. The van der Waals surface area contributed by atoms with E-state index >= 15 is 0 Å². The summed E-state index contributed by atoms with van der Waals surface area (Å²) in [5.74, 6) is 0.728. The van der Waals surface area contributed by atoms with Crippen molar-refractivity contribution in [3.05, 3.63) is 65.5 Å². The number of thioether (sulfide) groups is 1. The predicted molar refractivity (Wildman–Crippen MR) is 126 cm³/mol. The summed E-state index contributed by atoms with van der Waals surface area (Å²) in [6, 6.07) is 12.1. The van der Waals surface area contributed by atoms with Crippen molar-refractivity contribution >= 4 is 23.6 Å². The average molecular weight is 454 g/mol. The minimum Gasteiger partial charge on any atom is -0.370 e. The number of amides is 2. The number of rotatable bonds is 7. The Kier molecular flexibility index (Phi) is 7.16. The molecule has 0 unspecified atom stereocenters. The number of carbonyl (C=O) groups is 2. The SMILES string of the molecule is CCC(=O)N[C@@H]1c2ccccc2C2(CCN(C(=O)CSC)CC2)[C@H]1OCc1cccnc1. The number of nitrogens with one attached hydrogen (secondary N) is 1. The molecule has 1 spiro atoms. The van der Waals surface area contributed by atoms with E-state index in [1.54, 1.807) is 18.0 Å². The molecule has 2 atom stereocenters. The van der Waals surface area contributed by atoms with Crippen LogP contribution in [0.4, 0.5) is 0 Å². The van der Waals surface area contributed by atoms with Gasteiger partial charge in [0.1, 0.15) is 0 Å². The number of piperidine rings is 1. The highest BCUT2D eigenvalue weighted by Crippen LogP contribution is 2.52. The molecule has 1 saturated heterocycles. The second-order valence-electron chi connectivity index (χ2n) is 8.55. The van der Waals surface area contributed by atoms with E-state index < -0.39 is 0 Å². The highest BCUT2D eigenvalue weighted by Gasteiger charge is 2.54. The van der Waals surface area contributed by atoms with Crippen molar-refractivity contribution < 1.29 is 14.3 Å². The monoisotopic (exact) mass is 453 g/mol. The number of ether oxygens (including phenoxy) is 1. The number of carbonyl (C=O) groups excluding carboxylic acids is 2. The third kappa shape index (κ3) is 4.41. The molecule has 1 aromatic heterocycles. The molecule has 2 amide bonds. The van der Waals surface area contributed by atoms with Crippen LogP contribution >= 0.6 is 11.8 Å². The van der Waals surface area contributed by atoms with Gasteiger partial charge < -0.3 is 15.0 Å². The van der Waals surface area contributed by atoms with Gasteiger partial charge in [-0.05, 0) is 41.9 Å². The smallest absolute Gasteiger partial charge is 0.232 e. The zero-order valence-electron chi connectivity index (χ0n) is 18.8. The number of fused-ring (bicyclic) bond motifs is 2. The molecule has 0 radical (unpaired) electrons. The van der Waals surface area contributed by atoms with Crippen molar-refractivity contribution in [3.63, 3.8) is 0 Å². The van der Waals surface area contributed by atoms with Crippen LogP contribution in [-0.4, -0.2) is 52.9 Å². The van der Waals surface area contributed by atoms with Gasteiger partial charge in [0.15, 0.2) is 0 Å². The molecule has 6 nitrogen and oxygen atoms in total. The largest absolute Gasteiger partial charge is 0.370 e. The van der Waals surface area contributed by atoms with Crippen LogP contribution in [-0.2, 0) is 26.3 Å². The van der Waals surface area contributed by atoms with Gasteiger partial charge in [-0.1, -0.05) is 37.3 Å². The third-order valence-corrected chi connectivity index (χ3v) is 7.28. The van der Waals surface area contributed by atoms with Gasteiger partial charge >= 0.3 is 0 Å². The fourth-order valence-corrected chi connectivity index (χ4v) is 5.56. The van der Waals surface area contributed by atoms with E-state index in [1.165, 1.54) is 5.56 Å². The summed E-state index contributed by atoms with van der Waals surface area (Å²) in [6.45, 7) is 3.71. The first-order valence-corrected chi connectivity index (χ1v) is 12.6. The zero-order valence-corrected chi connectivity index (χ0v) is 19.6. The Morgan fingerprint density at radius 2 is 2.00 bits per heavy atom. The predicted octanol–water partition coefficient (Wildman–Crippen LogP) is 3.47. The Labute approximate surface area is 194 Å². The van der Waals surface area contributed by atoms with Gasteiger partial charge in [-0.25, -0.2) is 0 Å². The molecular weight excluding hydrogens is 422 g/mol. The van der Waals surface area contributed by atoms with Gasteiger partial charge in [0.05, 0.1) is 24.5 Å². The van der Waals surface area contributed by atoms with Crippen molar-refractivity contribution in [2.75, 3.05) is 25.1 Å². The van der Waals surface area contributed by atoms with Crippen LogP contribution in [0.1, 0.15) is 48.9 Å². The van der Waals surface area contributed by atoms with Gasteiger partial charge in [0, 0.05) is 37.3 Å². The van der Waals surface area contributed by atoms with Crippen molar-refractivity contribution in [2.24, 2.45) is 0 Å². The molecule has 1 aliphatic heterocycles. The minimum absolute atomic E-state index is 0.0180. The van der Waals surface area contributed by atoms with Crippen molar-refractivity contribution in [1.82, 2.24) is 15.2 Å². The van der Waals surface area contributed by atoms with E-state index in [-0.39, 0.29) is 29.4 Å². The van der Waals surface area contributed by atoms with E-state index in [9.17, 15) is 9.59 Å². The highest BCUT2D eigenvalue weighted by atomic mass is 32.2. The van der Waals surface area contributed by atoms with Crippen LogP contribution in [0.25, 0.3) is 0 Å². The van der Waals surface area contributed by atoms with Crippen molar-refractivity contribution in [3.8, 4) is 0 Å². The lowest BCUT2D eigenvalue weighted by molar-refractivity contribution is -0.131. The molecular formula is C25H31N3O3S. The van der Waals surface area contributed by atoms with Gasteiger partial charge in [0.25, 0.3) is 0 Å². The van der Waals surface area contributed by atoms with Crippen LogP contribution < -0.4 is 5.32 Å². The van der Waals surface area contributed by atoms with Crippen LogP contribution in [0.2, 0.25) is 0 Å². The summed E-state index contributed by atoms with van der Waals surface area (Å²) in [6.07, 6.45) is 7.40. The molecule has 4 rings (SSSR count). The molecule has 0 bridgehead atoms. The van der Waals surface area contributed by atoms with Crippen molar-refractivity contribution in [1.29, 1.82) is 0 Å². The lowest BCUT2D eigenvalue weighted by Gasteiger charge is -2.44. The topological polar surface area (TPSA) is 71.5 Å². The first-order chi connectivity index (χ1) is 15.6. The average Bonchev–Trinajstić information content (AvgIpc) is 3.07. The highest BCUT2D eigenvalue weighted by molar-refractivity contribution is 7.99. The van der Waals surface area contributed by atoms with E-state index in [0.29, 0.717) is 31.9 Å². The van der Waals surface area contributed by atoms with Crippen molar-refractivity contribution in [2.45, 2.75) is 50.4 Å². The normalized spacial score (nSPS) is 21.4. The van der Waals surface area contributed by atoms with Crippen LogP contribution in [0.5, 0.6) is 0 Å².